The molecule has 0 bridgehead atoms. The van der Waals surface area contributed by atoms with E-state index in [0.29, 0.717) is 22.1 Å². The minimum Gasteiger partial charge on any atom is -0.478 e. The van der Waals surface area contributed by atoms with Gasteiger partial charge in [0, 0.05) is 17.0 Å². The van der Waals surface area contributed by atoms with Crippen molar-refractivity contribution >= 4 is 34.2 Å². The molecule has 4 aromatic rings. The molecule has 4 nitrogen and oxygen atoms in total. The van der Waals surface area contributed by atoms with E-state index in [9.17, 15) is 4.79 Å². The van der Waals surface area contributed by atoms with Gasteiger partial charge in [-0.2, -0.15) is 0 Å². The van der Waals surface area contributed by atoms with Gasteiger partial charge < -0.3 is 9.52 Å². The second-order valence-corrected chi connectivity index (χ2v) is 6.85. The number of nitrogens with zero attached hydrogens (tertiary/aromatic N) is 1. The molecule has 1 heterocycles. The van der Waals surface area contributed by atoms with Crippen molar-refractivity contribution < 1.29 is 14.3 Å². The zero-order chi connectivity index (χ0) is 19.7. The zero-order valence-corrected chi connectivity index (χ0v) is 15.8. The molecule has 0 saturated heterocycles. The topological polar surface area (TPSA) is 62.8 Å². The Labute approximate surface area is 166 Å². The van der Waals surface area contributed by atoms with E-state index in [0.717, 1.165) is 21.9 Å². The van der Waals surface area contributed by atoms with E-state index in [-0.39, 0.29) is 5.56 Å². The second kappa shape index (κ2) is 7.33. The highest BCUT2D eigenvalue weighted by Crippen LogP contribution is 2.29. The quantitative estimate of drug-likeness (QED) is 0.468. The van der Waals surface area contributed by atoms with Crippen molar-refractivity contribution in [1.29, 1.82) is 0 Å². The highest BCUT2D eigenvalue weighted by atomic mass is 35.5. The Kier molecular flexibility index (Phi) is 4.72. The van der Waals surface area contributed by atoms with Gasteiger partial charge in [-0.15, -0.1) is 0 Å². The first-order valence-electron chi connectivity index (χ1n) is 8.69. The average molecular weight is 390 g/mol. The average Bonchev–Trinajstić information content (AvgIpc) is 2.69. The summed E-state index contributed by atoms with van der Waals surface area (Å²) >= 11 is 6.35. The summed E-state index contributed by atoms with van der Waals surface area (Å²) in [6.07, 6.45) is 0. The van der Waals surface area contributed by atoms with E-state index < -0.39 is 5.97 Å². The number of aromatic carboxylic acids is 1. The van der Waals surface area contributed by atoms with Crippen LogP contribution in [0.1, 0.15) is 15.9 Å². The van der Waals surface area contributed by atoms with Gasteiger partial charge in [0.2, 0.25) is 0 Å². The number of halogens is 1. The standard InChI is InChI=1S/C23H16ClNO3/c1-14-6-11-21-18(12-14)20(25-16-9-7-15(8-10-16)23(26)27)13-22(28-21)17-4-2-3-5-19(17)24/h2-13H,1H3,(H,26,27). The molecule has 4 rings (SSSR count). The van der Waals surface area contributed by atoms with Crippen LogP contribution in [0.4, 0.5) is 5.69 Å². The van der Waals surface area contributed by atoms with Crippen molar-refractivity contribution in [3.8, 4) is 11.3 Å². The second-order valence-electron chi connectivity index (χ2n) is 6.44. The number of carbonyl (C=O) groups is 1. The van der Waals surface area contributed by atoms with Gasteiger partial charge in [0.15, 0.2) is 0 Å². The zero-order valence-electron chi connectivity index (χ0n) is 15.0. The summed E-state index contributed by atoms with van der Waals surface area (Å²) < 4.78 is 6.09. The Hall–Kier alpha value is -3.37. The number of rotatable bonds is 3. The minimum atomic E-state index is -0.966. The monoisotopic (exact) mass is 389 g/mol. The molecule has 0 aliphatic carbocycles. The summed E-state index contributed by atoms with van der Waals surface area (Å²) in [5, 5.41) is 11.3. The molecule has 1 N–H and O–H groups in total. The summed E-state index contributed by atoms with van der Waals surface area (Å²) in [5.74, 6) is -0.352. The Morgan fingerprint density at radius 2 is 1.75 bits per heavy atom. The molecular weight excluding hydrogens is 374 g/mol. The SMILES string of the molecule is Cc1ccc2oc(-c3ccccc3Cl)cc(=Nc3ccc(C(=O)O)cc3)c2c1. The molecule has 0 saturated carbocycles. The fraction of sp³-hybridized carbons (Fsp3) is 0.0435. The van der Waals surface area contributed by atoms with Crippen LogP contribution in [0.15, 0.2) is 82.2 Å². The molecule has 5 heteroatoms. The van der Waals surface area contributed by atoms with Crippen molar-refractivity contribution in [2.45, 2.75) is 6.92 Å². The first-order chi connectivity index (χ1) is 13.5. The molecule has 1 aromatic heterocycles. The lowest BCUT2D eigenvalue weighted by molar-refractivity contribution is 0.0697. The number of hydrogen-bond donors (Lipinski definition) is 1. The summed E-state index contributed by atoms with van der Waals surface area (Å²) in [4.78, 5) is 15.8. The number of hydrogen-bond acceptors (Lipinski definition) is 3. The molecule has 0 amide bonds. The lowest BCUT2D eigenvalue weighted by atomic mass is 10.1. The molecular formula is C23H16ClNO3. The molecule has 0 spiro atoms. The van der Waals surface area contributed by atoms with Crippen LogP contribution >= 0.6 is 11.6 Å². The highest BCUT2D eigenvalue weighted by Gasteiger charge is 2.09. The van der Waals surface area contributed by atoms with E-state index in [1.54, 1.807) is 12.1 Å². The molecule has 0 radical (unpaired) electrons. The molecule has 0 unspecified atom stereocenters. The van der Waals surface area contributed by atoms with Crippen molar-refractivity contribution in [1.82, 2.24) is 0 Å². The maximum absolute atomic E-state index is 11.1. The normalized spacial score (nSPS) is 11.7. The number of carboxylic acids is 1. The largest absolute Gasteiger partial charge is 0.478 e. The van der Waals surface area contributed by atoms with E-state index >= 15 is 0 Å². The van der Waals surface area contributed by atoms with Crippen molar-refractivity contribution in [3.63, 3.8) is 0 Å². The fourth-order valence-electron chi connectivity index (χ4n) is 2.99. The third kappa shape index (κ3) is 3.55. The van der Waals surface area contributed by atoms with Gasteiger partial charge in [0.1, 0.15) is 11.3 Å². The third-order valence-corrected chi connectivity index (χ3v) is 4.73. The Bertz CT molecular complexity index is 1260. The first kappa shape index (κ1) is 18.0. The van der Waals surface area contributed by atoms with Gasteiger partial charge in [-0.1, -0.05) is 35.4 Å². The maximum atomic E-state index is 11.1. The third-order valence-electron chi connectivity index (χ3n) is 4.40. The van der Waals surface area contributed by atoms with E-state index in [2.05, 4.69) is 0 Å². The van der Waals surface area contributed by atoms with Crippen molar-refractivity contribution in [2.24, 2.45) is 4.99 Å². The summed E-state index contributed by atoms with van der Waals surface area (Å²) in [6, 6.07) is 21.7. The lowest BCUT2D eigenvalue weighted by Gasteiger charge is -2.07. The van der Waals surface area contributed by atoms with Crippen LogP contribution in [0.3, 0.4) is 0 Å². The van der Waals surface area contributed by atoms with E-state index in [4.69, 9.17) is 26.1 Å². The maximum Gasteiger partial charge on any atom is 0.335 e. The molecule has 0 atom stereocenters. The van der Waals surface area contributed by atoms with Crippen LogP contribution in [-0.4, -0.2) is 11.1 Å². The van der Waals surface area contributed by atoms with Gasteiger partial charge in [-0.25, -0.2) is 9.79 Å². The smallest absolute Gasteiger partial charge is 0.335 e. The lowest BCUT2D eigenvalue weighted by Crippen LogP contribution is -2.04. The van der Waals surface area contributed by atoms with Crippen LogP contribution < -0.4 is 5.36 Å². The van der Waals surface area contributed by atoms with E-state index in [1.807, 2.05) is 55.5 Å². The van der Waals surface area contributed by atoms with Gasteiger partial charge in [-0.05, 0) is 55.5 Å². The van der Waals surface area contributed by atoms with Crippen LogP contribution in [0.5, 0.6) is 0 Å². The van der Waals surface area contributed by atoms with Crippen molar-refractivity contribution in [2.75, 3.05) is 0 Å². The van der Waals surface area contributed by atoms with Gasteiger partial charge in [-0.3, -0.25) is 0 Å². The van der Waals surface area contributed by atoms with Gasteiger partial charge in [0.05, 0.1) is 21.6 Å². The van der Waals surface area contributed by atoms with Crippen LogP contribution in [0.25, 0.3) is 22.3 Å². The van der Waals surface area contributed by atoms with Crippen LogP contribution in [0.2, 0.25) is 5.02 Å². The first-order valence-corrected chi connectivity index (χ1v) is 9.06. The summed E-state index contributed by atoms with van der Waals surface area (Å²) in [6.45, 7) is 2.01. The Morgan fingerprint density at radius 1 is 1.00 bits per heavy atom. The molecule has 0 fully saturated rings. The minimum absolute atomic E-state index is 0.222. The number of benzene rings is 3. The van der Waals surface area contributed by atoms with Crippen LogP contribution in [-0.2, 0) is 0 Å². The molecule has 138 valence electrons. The number of aryl methyl sites for hydroxylation is 1. The Balaban J connectivity index is 1.96. The van der Waals surface area contributed by atoms with Gasteiger partial charge in [0.25, 0.3) is 0 Å². The van der Waals surface area contributed by atoms with E-state index in [1.165, 1.54) is 12.1 Å². The number of carboxylic acid groups (broad SMARTS) is 1. The fourth-order valence-corrected chi connectivity index (χ4v) is 3.22. The predicted molar refractivity (Wildman–Crippen MR) is 110 cm³/mol. The molecule has 28 heavy (non-hydrogen) atoms. The molecule has 0 aliphatic heterocycles. The highest BCUT2D eigenvalue weighted by molar-refractivity contribution is 6.33. The molecule has 3 aromatic carbocycles. The molecule has 0 aliphatic rings. The predicted octanol–water partition coefficient (Wildman–Crippen LogP) is 5.99. The van der Waals surface area contributed by atoms with Gasteiger partial charge >= 0.3 is 5.97 Å². The summed E-state index contributed by atoms with van der Waals surface area (Å²) in [5.41, 5.74) is 3.45. The van der Waals surface area contributed by atoms with Crippen molar-refractivity contribution in [3.05, 3.63) is 94.3 Å². The Morgan fingerprint density at radius 3 is 2.46 bits per heavy atom. The number of fused-ring (bicyclic) bond motifs is 1. The summed E-state index contributed by atoms with van der Waals surface area (Å²) in [7, 11) is 0. The van der Waals surface area contributed by atoms with Crippen LogP contribution in [0, 0.1) is 6.92 Å².